The fraction of sp³-hybridized carbons (Fsp3) is 0.704. The molecule has 2 rings (SSSR count). The van der Waals surface area contributed by atoms with Crippen molar-refractivity contribution in [1.29, 1.82) is 0 Å². The lowest BCUT2D eigenvalue weighted by atomic mass is 9.66. The lowest BCUT2D eigenvalue weighted by molar-refractivity contribution is -0.146. The fourth-order valence-corrected chi connectivity index (χ4v) is 5.65. The highest BCUT2D eigenvalue weighted by molar-refractivity contribution is 6.05. The molecule has 1 saturated carbocycles. The lowest BCUT2D eigenvalue weighted by Crippen LogP contribution is -2.41. The van der Waals surface area contributed by atoms with Crippen LogP contribution in [0.1, 0.15) is 117 Å². The Kier molecular flexibility index (Phi) is 9.58. The third-order valence-electron chi connectivity index (χ3n) is 7.16. The number of carboxylic acids is 1. The Morgan fingerprint density at radius 3 is 1.90 bits per heavy atom. The average Bonchev–Trinajstić information content (AvgIpc) is 3.16. The molecule has 1 fully saturated rings. The van der Waals surface area contributed by atoms with Crippen LogP contribution in [0.5, 0.6) is 0 Å². The average molecular weight is 415 g/mol. The van der Waals surface area contributed by atoms with E-state index in [0.29, 0.717) is 19.3 Å². The van der Waals surface area contributed by atoms with Crippen molar-refractivity contribution in [3.05, 3.63) is 34.4 Å². The maximum atomic E-state index is 13.8. The molecule has 0 aliphatic heterocycles. The van der Waals surface area contributed by atoms with Crippen LogP contribution in [0.3, 0.4) is 0 Å². The van der Waals surface area contributed by atoms with Gasteiger partial charge in [-0.1, -0.05) is 88.8 Å². The topological polar surface area (TPSA) is 54.4 Å². The summed E-state index contributed by atoms with van der Waals surface area (Å²) in [5.41, 5.74) is 3.16. The Bertz CT molecular complexity index is 690. The number of carbonyl (C=O) groups excluding carboxylic acids is 1. The van der Waals surface area contributed by atoms with Crippen molar-refractivity contribution in [2.45, 2.75) is 111 Å². The first-order chi connectivity index (χ1) is 14.3. The molecule has 0 saturated heterocycles. The minimum Gasteiger partial charge on any atom is -0.481 e. The highest BCUT2D eigenvalue weighted by atomic mass is 16.4. The van der Waals surface area contributed by atoms with E-state index in [-0.39, 0.29) is 5.78 Å². The van der Waals surface area contributed by atoms with Crippen LogP contribution in [-0.2, 0) is 4.79 Å². The minimum atomic E-state index is -0.782. The third kappa shape index (κ3) is 5.95. The normalized spacial score (nSPS) is 16.5. The molecular formula is C27H42O3. The predicted octanol–water partition coefficient (Wildman–Crippen LogP) is 7.59. The second-order valence-corrected chi connectivity index (χ2v) is 9.62. The zero-order chi connectivity index (χ0) is 22.1. The van der Waals surface area contributed by atoms with E-state index in [2.05, 4.69) is 19.1 Å². The number of benzene rings is 1. The lowest BCUT2D eigenvalue weighted by Gasteiger charge is -2.35. The van der Waals surface area contributed by atoms with E-state index in [1.807, 2.05) is 20.8 Å². The summed E-state index contributed by atoms with van der Waals surface area (Å²) in [6.45, 7) is 8.25. The number of hydrogen-bond acceptors (Lipinski definition) is 2. The van der Waals surface area contributed by atoms with E-state index in [1.54, 1.807) is 0 Å². The van der Waals surface area contributed by atoms with Crippen molar-refractivity contribution in [3.8, 4) is 0 Å². The quantitative estimate of drug-likeness (QED) is 0.267. The maximum absolute atomic E-state index is 13.8. The first-order valence-corrected chi connectivity index (χ1v) is 12.2. The minimum absolute atomic E-state index is 0.0852. The number of ketones is 1. The van der Waals surface area contributed by atoms with Crippen molar-refractivity contribution < 1.29 is 14.7 Å². The number of carbonyl (C=O) groups is 2. The van der Waals surface area contributed by atoms with Gasteiger partial charge in [-0.15, -0.1) is 0 Å². The number of rotatable bonds is 13. The van der Waals surface area contributed by atoms with Gasteiger partial charge in [-0.3, -0.25) is 9.59 Å². The Balaban J connectivity index is 2.11. The summed E-state index contributed by atoms with van der Waals surface area (Å²) < 4.78 is 0. The van der Waals surface area contributed by atoms with E-state index in [4.69, 9.17) is 0 Å². The molecule has 0 aromatic heterocycles. The molecule has 1 atom stereocenters. The highest BCUT2D eigenvalue weighted by Gasteiger charge is 2.50. The van der Waals surface area contributed by atoms with Crippen LogP contribution in [0.15, 0.2) is 12.1 Å². The zero-order valence-electron chi connectivity index (χ0n) is 19.7. The van der Waals surface area contributed by atoms with Gasteiger partial charge in [0.05, 0.1) is 5.92 Å². The zero-order valence-corrected chi connectivity index (χ0v) is 19.7. The SMILES string of the molecule is CCCCCCCCCCC(C(=O)O)C1(C(=O)c2c(C)cc(C)cc2C)CCCC1. The number of carboxylic acid groups (broad SMARTS) is 1. The molecule has 0 bridgehead atoms. The second kappa shape index (κ2) is 11.7. The Morgan fingerprint density at radius 1 is 0.900 bits per heavy atom. The summed E-state index contributed by atoms with van der Waals surface area (Å²) in [7, 11) is 0. The van der Waals surface area contributed by atoms with Crippen LogP contribution < -0.4 is 0 Å². The molecule has 30 heavy (non-hydrogen) atoms. The van der Waals surface area contributed by atoms with Gasteiger partial charge in [-0.25, -0.2) is 0 Å². The van der Waals surface area contributed by atoms with Crippen molar-refractivity contribution in [2.24, 2.45) is 11.3 Å². The van der Waals surface area contributed by atoms with Gasteiger partial charge in [0.25, 0.3) is 0 Å². The number of aliphatic carboxylic acids is 1. The van der Waals surface area contributed by atoms with Crippen LogP contribution in [0.25, 0.3) is 0 Å². The number of aryl methyl sites for hydroxylation is 3. The summed E-state index contributed by atoms with van der Waals surface area (Å²) in [6, 6.07) is 4.11. The third-order valence-corrected chi connectivity index (χ3v) is 7.16. The van der Waals surface area contributed by atoms with E-state index in [0.717, 1.165) is 47.9 Å². The van der Waals surface area contributed by atoms with Crippen LogP contribution in [0, 0.1) is 32.1 Å². The first kappa shape index (κ1) is 24.6. The van der Waals surface area contributed by atoms with Crippen LogP contribution in [-0.4, -0.2) is 16.9 Å². The summed E-state index contributed by atoms with van der Waals surface area (Å²) >= 11 is 0. The molecule has 0 spiro atoms. The van der Waals surface area contributed by atoms with E-state index < -0.39 is 17.3 Å². The summed E-state index contributed by atoms with van der Waals surface area (Å²) in [5, 5.41) is 10.1. The summed E-state index contributed by atoms with van der Waals surface area (Å²) in [6.07, 6.45) is 13.5. The molecule has 1 unspecified atom stereocenters. The molecule has 1 aliphatic rings. The molecule has 1 aromatic carbocycles. The van der Waals surface area contributed by atoms with Crippen molar-refractivity contribution >= 4 is 11.8 Å². The highest BCUT2D eigenvalue weighted by Crippen LogP contribution is 2.49. The van der Waals surface area contributed by atoms with Crippen molar-refractivity contribution in [2.75, 3.05) is 0 Å². The molecule has 1 aromatic rings. The van der Waals surface area contributed by atoms with Crippen molar-refractivity contribution in [3.63, 3.8) is 0 Å². The van der Waals surface area contributed by atoms with Crippen LogP contribution in [0.4, 0.5) is 0 Å². The Morgan fingerprint density at radius 2 is 1.40 bits per heavy atom. The largest absolute Gasteiger partial charge is 0.481 e. The van der Waals surface area contributed by atoms with Gasteiger partial charge in [0.1, 0.15) is 0 Å². The van der Waals surface area contributed by atoms with Gasteiger partial charge >= 0.3 is 5.97 Å². The fourth-order valence-electron chi connectivity index (χ4n) is 5.65. The van der Waals surface area contributed by atoms with Crippen molar-refractivity contribution in [1.82, 2.24) is 0 Å². The number of unbranched alkanes of at least 4 members (excludes halogenated alkanes) is 7. The van der Waals surface area contributed by atoms with E-state index in [1.165, 1.54) is 38.5 Å². The molecule has 3 heteroatoms. The number of Topliss-reactive ketones (excluding diaryl/α,β-unsaturated/α-hetero) is 1. The molecular weight excluding hydrogens is 372 g/mol. The Labute approximate surface area is 183 Å². The predicted molar refractivity (Wildman–Crippen MR) is 124 cm³/mol. The van der Waals surface area contributed by atoms with Gasteiger partial charge in [0, 0.05) is 11.0 Å². The van der Waals surface area contributed by atoms with E-state index >= 15 is 0 Å². The molecule has 1 N–H and O–H groups in total. The number of hydrogen-bond donors (Lipinski definition) is 1. The maximum Gasteiger partial charge on any atom is 0.307 e. The molecule has 0 radical (unpaired) electrons. The molecule has 3 nitrogen and oxygen atoms in total. The van der Waals surface area contributed by atoms with Gasteiger partial charge < -0.3 is 5.11 Å². The van der Waals surface area contributed by atoms with Crippen LogP contribution >= 0.6 is 0 Å². The first-order valence-electron chi connectivity index (χ1n) is 12.2. The van der Waals surface area contributed by atoms with Crippen LogP contribution in [0.2, 0.25) is 0 Å². The van der Waals surface area contributed by atoms with E-state index in [9.17, 15) is 14.7 Å². The molecule has 168 valence electrons. The van der Waals surface area contributed by atoms with Gasteiger partial charge in [0.2, 0.25) is 0 Å². The molecule has 0 heterocycles. The summed E-state index contributed by atoms with van der Waals surface area (Å²) in [5.74, 6) is -1.26. The second-order valence-electron chi connectivity index (χ2n) is 9.62. The standard InChI is InChI=1S/C27H42O3/c1-5-6-7-8-9-10-11-12-15-23(26(29)30)27(16-13-14-17-27)25(28)24-21(3)18-20(2)19-22(24)4/h18-19,23H,5-17H2,1-4H3,(H,29,30). The van der Waals surface area contributed by atoms with Gasteiger partial charge in [0.15, 0.2) is 5.78 Å². The molecule has 1 aliphatic carbocycles. The smallest absolute Gasteiger partial charge is 0.307 e. The summed E-state index contributed by atoms with van der Waals surface area (Å²) in [4.78, 5) is 26.2. The van der Waals surface area contributed by atoms with Gasteiger partial charge in [-0.2, -0.15) is 0 Å². The van der Waals surface area contributed by atoms with Gasteiger partial charge in [-0.05, 0) is 51.2 Å². The Hall–Kier alpha value is -1.64. The molecule has 0 amide bonds. The monoisotopic (exact) mass is 414 g/mol.